The number of ether oxygens (including phenoxy) is 2. The van der Waals surface area contributed by atoms with Gasteiger partial charge >= 0.3 is 23.9 Å². The average molecular weight is 1360 g/mol. The highest BCUT2D eigenvalue weighted by atomic mass is 32.2. The quantitative estimate of drug-likeness (QED) is 0.0501. The van der Waals surface area contributed by atoms with Crippen LogP contribution < -0.4 is 0 Å². The minimum atomic E-state index is -4.00. The largest absolute Gasteiger partial charge is 0.481 e. The summed E-state index contributed by atoms with van der Waals surface area (Å²) in [6.07, 6.45) is 27.5. The first-order valence-corrected chi connectivity index (χ1v) is 37.8. The van der Waals surface area contributed by atoms with Crippen molar-refractivity contribution in [3.63, 3.8) is 0 Å². The van der Waals surface area contributed by atoms with Crippen molar-refractivity contribution in [1.82, 2.24) is 0 Å². The van der Waals surface area contributed by atoms with Gasteiger partial charge < -0.3 is 19.7 Å². The smallest absolute Gasteiger partial charge is 0.306 e. The number of esters is 2. The first kappa shape index (κ1) is 70.2. The predicted octanol–water partition coefficient (Wildman–Crippen LogP) is 12.1. The van der Waals surface area contributed by atoms with Crippen molar-refractivity contribution in [3.8, 4) is 0 Å². The van der Waals surface area contributed by atoms with Gasteiger partial charge in [0, 0.05) is 34.0 Å². The van der Waals surface area contributed by atoms with Crippen molar-refractivity contribution in [3.05, 3.63) is 70.8 Å². The molecule has 17 rings (SSSR count). The van der Waals surface area contributed by atoms with E-state index >= 15 is 0 Å². The van der Waals surface area contributed by atoms with Gasteiger partial charge in [0.2, 0.25) is 26.2 Å². The molecule has 16 aliphatic carbocycles. The zero-order valence-corrected chi connectivity index (χ0v) is 56.6. The van der Waals surface area contributed by atoms with E-state index in [0.717, 1.165) is 113 Å². The molecule has 0 unspecified atom stereocenters. The first-order valence-electron chi connectivity index (χ1n) is 36.3. The van der Waals surface area contributed by atoms with Crippen LogP contribution in [0.3, 0.4) is 0 Å². The lowest BCUT2D eigenvalue weighted by atomic mass is 9.45. The van der Waals surface area contributed by atoms with Crippen LogP contribution in [-0.2, 0) is 43.6 Å². The molecule has 25 heteroatoms. The molecular weight excluding hydrogens is 1260 g/mol. The minimum Gasteiger partial charge on any atom is -0.481 e. The average Bonchev–Trinajstić information content (AvgIpc) is 1.63. The van der Waals surface area contributed by atoms with Crippen LogP contribution in [0.4, 0.5) is 0 Å². The number of Topliss-reactive ketones (excluding diaryl/α,β-unsaturated/α-hetero) is 1. The Morgan fingerprint density at radius 2 is 0.771 bits per heavy atom. The van der Waals surface area contributed by atoms with Crippen molar-refractivity contribution < 1.29 is 77.7 Å². The number of nitro groups is 4. The number of carboxylic acids is 2. The van der Waals surface area contributed by atoms with Gasteiger partial charge in [0.1, 0.15) is 5.78 Å². The molecule has 10 bridgehead atoms. The maximum atomic E-state index is 11.9. The highest BCUT2D eigenvalue weighted by Crippen LogP contribution is 2.76. The molecule has 16 aliphatic rings. The number of aliphatic carboxylic acids is 2. The number of carbonyl (C=O) groups excluding carboxylic acids is 3. The number of ketones is 1. The molecule has 532 valence electrons. The van der Waals surface area contributed by atoms with Gasteiger partial charge in [0.25, 0.3) is 10.1 Å². The molecule has 16 fully saturated rings. The van der Waals surface area contributed by atoms with E-state index in [0.29, 0.717) is 107 Å². The number of rotatable bonds is 19. The molecule has 96 heavy (non-hydrogen) atoms. The Kier molecular flexibility index (Phi) is 19.8. The Hall–Kier alpha value is -5.72. The summed E-state index contributed by atoms with van der Waals surface area (Å²) in [7, 11) is -4.00. The summed E-state index contributed by atoms with van der Waals surface area (Å²) in [4.78, 5) is 100. The molecule has 16 saturated carbocycles. The van der Waals surface area contributed by atoms with Crippen LogP contribution in [0.2, 0.25) is 0 Å². The SMILES string of the molecule is CCOC(=O)C[C@]1(C[N+](=O)[O-])[C@@H]2C[C@@H]3CC[C@H]1[C@H]2C3.CCOC(=O)C[C@]1(C[N+](=O)[O-])[C@H]2CC[C@@H]3C[C@@H]2[C@@H]1C3.O=C(O)C[C@]1(C[N+](=O)[O-])[C@H]2CC[C@@H]3C[C@@H]2[C@@H]1C3.O=C(O)C[C@]1(C[N+](=O)[O-])[C@H]2CC[C@@H]3C[C@@H]2[C@@H]1C3.O=C1CC[C@@]2(C1)[C@H]1CC[C@@H]3C[C@@H]1[C@@H]2C3.O=S(=O)(O)c1ccccc1.[HH]. The zero-order chi connectivity index (χ0) is 68.6. The molecule has 0 radical (unpaired) electrons. The van der Waals surface area contributed by atoms with Gasteiger partial charge in [-0.2, -0.15) is 8.42 Å². The number of hydrogen-bond donors (Lipinski definition) is 3. The van der Waals surface area contributed by atoms with Gasteiger partial charge in [-0.25, -0.2) is 0 Å². The molecule has 0 amide bonds. The Morgan fingerprint density at radius 3 is 1.04 bits per heavy atom. The molecule has 1 spiro atoms. The number of nitrogens with zero attached hydrogens (tertiary/aromatic N) is 4. The molecule has 25 atom stereocenters. The summed E-state index contributed by atoms with van der Waals surface area (Å²) >= 11 is 0. The van der Waals surface area contributed by atoms with Gasteiger partial charge in [-0.3, -0.25) is 69.0 Å². The van der Waals surface area contributed by atoms with Crippen molar-refractivity contribution >= 4 is 39.8 Å². The van der Waals surface area contributed by atoms with Crippen LogP contribution in [0.15, 0.2) is 35.2 Å². The third-order valence-electron chi connectivity index (χ3n) is 29.6. The predicted molar refractivity (Wildman–Crippen MR) is 346 cm³/mol. The van der Waals surface area contributed by atoms with Gasteiger partial charge in [-0.1, -0.05) is 50.3 Å². The van der Waals surface area contributed by atoms with Gasteiger partial charge in [0.05, 0.1) is 65.5 Å². The second kappa shape index (κ2) is 27.1. The fourth-order valence-electron chi connectivity index (χ4n) is 26.9. The Bertz CT molecular complexity index is 3080. The summed E-state index contributed by atoms with van der Waals surface area (Å²) in [5, 5.41) is 62.0. The topological polar surface area (TPSA) is 371 Å². The summed E-state index contributed by atoms with van der Waals surface area (Å²) in [6.45, 7) is 3.89. The van der Waals surface area contributed by atoms with E-state index in [1.807, 2.05) is 0 Å². The van der Waals surface area contributed by atoms with Gasteiger partial charge in [-0.05, 0) is 252 Å². The summed E-state index contributed by atoms with van der Waals surface area (Å²) < 4.78 is 39.3. The monoisotopic (exact) mass is 1360 g/mol. The van der Waals surface area contributed by atoms with Crippen LogP contribution in [0.1, 0.15) is 189 Å². The second-order valence-corrected chi connectivity index (χ2v) is 34.6. The fourth-order valence-corrected chi connectivity index (χ4v) is 27.4. The summed E-state index contributed by atoms with van der Waals surface area (Å²) in [5.41, 5.74) is -1.29. The molecule has 0 heterocycles. The van der Waals surface area contributed by atoms with Crippen LogP contribution in [0.25, 0.3) is 0 Å². The maximum Gasteiger partial charge on any atom is 0.306 e. The fraction of sp³-hybridized carbons (Fsp3) is 0.845. The first-order chi connectivity index (χ1) is 45.6. The number of hydrogen-bond acceptors (Lipinski definition) is 17. The Balaban J connectivity index is 0.000000119. The second-order valence-electron chi connectivity index (χ2n) is 33.2. The molecule has 24 nitrogen and oxygen atoms in total. The van der Waals surface area contributed by atoms with E-state index in [9.17, 15) is 72.8 Å². The van der Waals surface area contributed by atoms with Crippen molar-refractivity contribution in [2.24, 2.45) is 145 Å². The highest BCUT2D eigenvalue weighted by Gasteiger charge is 2.73. The molecule has 0 saturated heterocycles. The molecule has 0 aliphatic heterocycles. The zero-order valence-electron chi connectivity index (χ0n) is 55.7. The summed E-state index contributed by atoms with van der Waals surface area (Å²) in [6, 6.07) is 7.42. The Labute approximate surface area is 562 Å². The number of carboxylic acid groups (broad SMARTS) is 2. The van der Waals surface area contributed by atoms with Crippen molar-refractivity contribution in [2.75, 3.05) is 39.4 Å². The lowest BCUT2D eigenvalue weighted by Crippen LogP contribution is -2.59. The number of benzene rings is 1. The van der Waals surface area contributed by atoms with E-state index in [1.165, 1.54) is 82.8 Å². The van der Waals surface area contributed by atoms with Gasteiger partial charge in [0.15, 0.2) is 0 Å². The van der Waals surface area contributed by atoms with E-state index in [2.05, 4.69) is 0 Å². The third kappa shape index (κ3) is 12.7. The standard InChI is InChI=1S/2C14H21NO4.C13H18O.2C12H17NO4.C6H6O3S.H2/c2*1-2-19-13(16)7-14(8-15(17)18)11-4-3-9-5-10(11)12(14)6-9;14-9-3-4-13(7-9)11-2-1-8-5-10(11)12(13)6-8;2*14-11(15)5-12(6-13(16)17)9-2-1-7-3-8(9)10(12)4-7;7-10(8,9)6-4-2-1-3-5-6;/h2*9-12H,2-8H2,1H3;8,10-12H,1-7H2;2*7-10H,1-6H2,(H,14,15);1-5H,(H,7,8,9);1H/t9-,10+,11+,12+,14+;9-,10-,11+,12-,14-;8-,10+,11+,12+,13-;2*7-,8+,9+,10+,12+;;/m11111../s1. The number of carbonyl (C=O) groups is 5. The lowest BCUT2D eigenvalue weighted by molar-refractivity contribution is -0.512. The molecule has 3 N–H and O–H groups in total. The summed E-state index contributed by atoms with van der Waals surface area (Å²) in [5.74, 6) is 10.5. The highest BCUT2D eigenvalue weighted by molar-refractivity contribution is 7.85. The molecule has 0 aromatic heterocycles. The Morgan fingerprint density at radius 1 is 0.469 bits per heavy atom. The molecule has 1 aromatic rings. The molecule has 1 aromatic carbocycles. The normalized spacial score (nSPS) is 43.1. The van der Waals surface area contributed by atoms with E-state index in [1.54, 1.807) is 32.0 Å². The number of fused-ring (bicyclic) bond motifs is 7. The van der Waals surface area contributed by atoms with Crippen LogP contribution in [-0.4, -0.2) is 112 Å². The lowest BCUT2D eigenvalue weighted by Gasteiger charge is -2.58. The van der Waals surface area contributed by atoms with Crippen molar-refractivity contribution in [1.29, 1.82) is 0 Å². The third-order valence-corrected chi connectivity index (χ3v) is 30.5. The van der Waals surface area contributed by atoms with Crippen molar-refractivity contribution in [2.45, 2.75) is 192 Å². The van der Waals surface area contributed by atoms with Crippen LogP contribution in [0.5, 0.6) is 0 Å². The molecular formula is C71H102N4O20S. The van der Waals surface area contributed by atoms with E-state index in [4.69, 9.17) is 24.2 Å². The minimum absolute atomic E-state index is 0. The van der Waals surface area contributed by atoms with E-state index < -0.39 is 43.7 Å². The van der Waals surface area contributed by atoms with Crippen LogP contribution >= 0.6 is 0 Å². The van der Waals surface area contributed by atoms with Crippen LogP contribution in [0, 0.1) is 186 Å². The van der Waals surface area contributed by atoms with E-state index in [-0.39, 0.29) is 89.8 Å². The van der Waals surface area contributed by atoms with Gasteiger partial charge in [-0.15, -0.1) is 0 Å². The maximum absolute atomic E-state index is 11.9.